The molecule has 0 bridgehead atoms. The first-order valence-corrected chi connectivity index (χ1v) is 10.8. The number of anilines is 1. The first-order valence-electron chi connectivity index (χ1n) is 9.79. The highest BCUT2D eigenvalue weighted by atomic mass is 32.2. The second-order valence-electron chi connectivity index (χ2n) is 7.36. The van der Waals surface area contributed by atoms with Crippen molar-refractivity contribution in [2.45, 2.75) is 24.5 Å². The predicted octanol–water partition coefficient (Wildman–Crippen LogP) is 3.29. The molecular formula is C22H18FN5O2S. The minimum atomic E-state index is -0.459. The number of aromatic amines is 1. The summed E-state index contributed by atoms with van der Waals surface area (Å²) in [6, 6.07) is 15.4. The molecule has 3 heterocycles. The highest BCUT2D eigenvalue weighted by Crippen LogP contribution is 2.33. The van der Waals surface area contributed by atoms with Crippen molar-refractivity contribution in [2.75, 3.05) is 10.7 Å². The van der Waals surface area contributed by atoms with Crippen molar-refractivity contribution in [3.8, 4) is 11.4 Å². The Labute approximate surface area is 180 Å². The maximum absolute atomic E-state index is 14.3. The number of carbonyl (C=O) groups excluding carboxylic acids is 1. The van der Waals surface area contributed by atoms with E-state index in [0.717, 1.165) is 17.7 Å². The lowest BCUT2D eigenvalue weighted by atomic mass is 10.1. The van der Waals surface area contributed by atoms with Crippen LogP contribution in [0.5, 0.6) is 0 Å². The summed E-state index contributed by atoms with van der Waals surface area (Å²) in [6.45, 7) is 2.02. The number of carbonyl (C=O) groups is 1. The van der Waals surface area contributed by atoms with E-state index in [9.17, 15) is 14.0 Å². The molecule has 1 aliphatic heterocycles. The zero-order chi connectivity index (χ0) is 21.5. The van der Waals surface area contributed by atoms with Gasteiger partial charge in [0.05, 0.1) is 11.3 Å². The lowest BCUT2D eigenvalue weighted by Gasteiger charge is -2.22. The van der Waals surface area contributed by atoms with Crippen LogP contribution >= 0.6 is 11.8 Å². The molecule has 5 rings (SSSR count). The predicted molar refractivity (Wildman–Crippen MR) is 117 cm³/mol. The molecule has 2 aromatic carbocycles. The van der Waals surface area contributed by atoms with E-state index in [-0.39, 0.29) is 34.6 Å². The van der Waals surface area contributed by atoms with Crippen LogP contribution in [0.3, 0.4) is 0 Å². The number of nitrogens with one attached hydrogen (secondary N) is 1. The molecule has 0 saturated carbocycles. The van der Waals surface area contributed by atoms with Crippen LogP contribution in [-0.4, -0.2) is 37.3 Å². The smallest absolute Gasteiger partial charge is 0.266 e. The molecule has 0 radical (unpaired) electrons. The third kappa shape index (κ3) is 3.50. The van der Waals surface area contributed by atoms with E-state index >= 15 is 0 Å². The average molecular weight is 435 g/mol. The van der Waals surface area contributed by atoms with Crippen LogP contribution in [0.15, 0.2) is 64.5 Å². The lowest BCUT2D eigenvalue weighted by molar-refractivity contribution is -0.116. The fourth-order valence-corrected chi connectivity index (χ4v) is 4.70. The summed E-state index contributed by atoms with van der Waals surface area (Å²) in [6.07, 6.45) is 0.812. The van der Waals surface area contributed by atoms with Crippen LogP contribution in [0.25, 0.3) is 17.0 Å². The van der Waals surface area contributed by atoms with Crippen LogP contribution in [0.1, 0.15) is 12.5 Å². The third-order valence-corrected chi connectivity index (χ3v) is 6.16. The largest absolute Gasteiger partial charge is 0.308 e. The van der Waals surface area contributed by atoms with E-state index < -0.39 is 5.82 Å². The van der Waals surface area contributed by atoms with Gasteiger partial charge in [-0.1, -0.05) is 42.1 Å². The number of para-hydroxylation sites is 1. The van der Waals surface area contributed by atoms with Gasteiger partial charge in [0.25, 0.3) is 5.56 Å². The first kappa shape index (κ1) is 19.5. The van der Waals surface area contributed by atoms with E-state index in [2.05, 4.69) is 15.1 Å². The number of hydrogen-bond donors (Lipinski definition) is 1. The molecular weight excluding hydrogens is 417 g/mol. The van der Waals surface area contributed by atoms with Gasteiger partial charge in [0.2, 0.25) is 5.91 Å². The van der Waals surface area contributed by atoms with Crippen molar-refractivity contribution in [3.05, 3.63) is 76.3 Å². The van der Waals surface area contributed by atoms with Gasteiger partial charge in [-0.15, -0.1) is 0 Å². The van der Waals surface area contributed by atoms with E-state index in [1.165, 1.54) is 28.4 Å². The first-order chi connectivity index (χ1) is 15.0. The summed E-state index contributed by atoms with van der Waals surface area (Å²) in [7, 11) is 0. The number of fused-ring (bicyclic) bond motifs is 2. The maximum atomic E-state index is 14.3. The van der Waals surface area contributed by atoms with Crippen LogP contribution in [0.2, 0.25) is 0 Å². The molecule has 4 aromatic rings. The summed E-state index contributed by atoms with van der Waals surface area (Å²) in [5.41, 5.74) is 2.27. The van der Waals surface area contributed by atoms with Gasteiger partial charge in [0, 0.05) is 17.8 Å². The minimum Gasteiger partial charge on any atom is -0.308 e. The monoisotopic (exact) mass is 435 g/mol. The van der Waals surface area contributed by atoms with Gasteiger partial charge < -0.3 is 4.90 Å². The molecule has 2 aromatic heterocycles. The number of thioether (sulfide) groups is 1. The second-order valence-corrected chi connectivity index (χ2v) is 8.30. The van der Waals surface area contributed by atoms with Gasteiger partial charge in [-0.2, -0.15) is 0 Å². The van der Waals surface area contributed by atoms with E-state index in [0.29, 0.717) is 10.8 Å². The lowest BCUT2D eigenvalue weighted by Crippen LogP contribution is -2.37. The Morgan fingerprint density at radius 1 is 1.19 bits per heavy atom. The zero-order valence-corrected chi connectivity index (χ0v) is 17.4. The SMILES string of the molecule is CC1Cc2ccccc2N1C(=O)CSc1nc(-c2ccccc2F)nc2cc(=O)[nH]n12. The fourth-order valence-electron chi connectivity index (χ4n) is 3.88. The van der Waals surface area contributed by atoms with Gasteiger partial charge in [0.1, 0.15) is 5.82 Å². The quantitative estimate of drug-likeness (QED) is 0.498. The molecule has 1 aliphatic rings. The van der Waals surface area contributed by atoms with E-state index in [1.54, 1.807) is 23.1 Å². The van der Waals surface area contributed by atoms with Gasteiger partial charge >= 0.3 is 0 Å². The summed E-state index contributed by atoms with van der Waals surface area (Å²) < 4.78 is 15.7. The number of hydrogen-bond acceptors (Lipinski definition) is 5. The Hall–Kier alpha value is -3.46. The van der Waals surface area contributed by atoms with Crippen LogP contribution in [0, 0.1) is 5.82 Å². The molecule has 156 valence electrons. The summed E-state index contributed by atoms with van der Waals surface area (Å²) in [4.78, 5) is 35.5. The Bertz CT molecular complexity index is 1370. The Morgan fingerprint density at radius 3 is 2.81 bits per heavy atom. The number of halogens is 1. The second kappa shape index (κ2) is 7.66. The summed E-state index contributed by atoms with van der Waals surface area (Å²) >= 11 is 1.18. The zero-order valence-electron chi connectivity index (χ0n) is 16.6. The Morgan fingerprint density at radius 2 is 1.97 bits per heavy atom. The van der Waals surface area contributed by atoms with Crippen molar-refractivity contribution in [3.63, 3.8) is 0 Å². The summed E-state index contributed by atoms with van der Waals surface area (Å²) in [5.74, 6) is -0.246. The van der Waals surface area contributed by atoms with Crippen molar-refractivity contribution < 1.29 is 9.18 Å². The van der Waals surface area contributed by atoms with Gasteiger partial charge in [-0.05, 0) is 37.1 Å². The van der Waals surface area contributed by atoms with Gasteiger partial charge in [-0.3, -0.25) is 14.7 Å². The highest BCUT2D eigenvalue weighted by Gasteiger charge is 2.30. The normalized spacial score (nSPS) is 15.4. The third-order valence-electron chi connectivity index (χ3n) is 5.24. The minimum absolute atomic E-state index is 0.0591. The number of amides is 1. The molecule has 1 amide bonds. The van der Waals surface area contributed by atoms with Crippen molar-refractivity contribution in [1.29, 1.82) is 0 Å². The van der Waals surface area contributed by atoms with Crippen LogP contribution < -0.4 is 10.5 Å². The molecule has 0 fully saturated rings. The molecule has 0 spiro atoms. The number of rotatable bonds is 4. The molecule has 9 heteroatoms. The maximum Gasteiger partial charge on any atom is 0.266 e. The Kier molecular flexibility index (Phi) is 4.82. The molecule has 1 N–H and O–H groups in total. The fraction of sp³-hybridized carbons (Fsp3) is 0.182. The van der Waals surface area contributed by atoms with Crippen molar-refractivity contribution in [2.24, 2.45) is 0 Å². The number of H-pyrrole nitrogens is 1. The van der Waals surface area contributed by atoms with E-state index in [4.69, 9.17) is 0 Å². The van der Waals surface area contributed by atoms with Crippen molar-refractivity contribution >= 4 is 29.0 Å². The van der Waals surface area contributed by atoms with E-state index in [1.807, 2.05) is 31.2 Å². The number of aromatic nitrogens is 4. The summed E-state index contributed by atoms with van der Waals surface area (Å²) in [5, 5.41) is 2.99. The number of benzene rings is 2. The molecule has 1 atom stereocenters. The van der Waals surface area contributed by atoms with Crippen molar-refractivity contribution in [1.82, 2.24) is 19.6 Å². The standard InChI is InChI=1S/C22H18FN5O2S/c1-13-10-14-6-2-5-9-17(14)27(13)20(30)12-31-22-25-21(15-7-3-4-8-16(15)23)24-18-11-19(29)26-28(18)22/h2-9,11,13H,10,12H2,1H3,(H,26,29). The number of nitrogens with zero attached hydrogens (tertiary/aromatic N) is 4. The molecule has 1 unspecified atom stereocenters. The molecule has 31 heavy (non-hydrogen) atoms. The van der Waals surface area contributed by atoms with Gasteiger partial charge in [0.15, 0.2) is 16.6 Å². The molecule has 7 nitrogen and oxygen atoms in total. The van der Waals surface area contributed by atoms with Crippen LogP contribution in [0.4, 0.5) is 10.1 Å². The Balaban J connectivity index is 1.47. The van der Waals surface area contributed by atoms with Crippen LogP contribution in [-0.2, 0) is 11.2 Å². The average Bonchev–Trinajstić information content (AvgIpc) is 3.30. The topological polar surface area (TPSA) is 83.4 Å². The molecule has 0 aliphatic carbocycles. The van der Waals surface area contributed by atoms with Gasteiger partial charge in [-0.25, -0.2) is 18.9 Å². The molecule has 0 saturated heterocycles. The highest BCUT2D eigenvalue weighted by molar-refractivity contribution is 7.99.